The monoisotopic (exact) mass is 302 g/mol. The first-order chi connectivity index (χ1) is 9.79. The van der Waals surface area contributed by atoms with Crippen molar-refractivity contribution >= 4 is 5.97 Å². The SMILES string of the molecule is CC(=O)O[C@H]1C[C@H](n2cc(F)c(=O)[nH]c2=O)O[C@@H]1C(C)O. The zero-order valence-corrected chi connectivity index (χ0v) is 11.4. The van der Waals surface area contributed by atoms with Gasteiger partial charge in [-0.3, -0.25) is 19.1 Å². The fourth-order valence-electron chi connectivity index (χ4n) is 2.26. The maximum atomic E-state index is 13.3. The van der Waals surface area contributed by atoms with Crippen molar-refractivity contribution in [3.05, 3.63) is 32.9 Å². The highest BCUT2D eigenvalue weighted by atomic mass is 19.1. The van der Waals surface area contributed by atoms with Gasteiger partial charge in [0.25, 0.3) is 5.56 Å². The van der Waals surface area contributed by atoms with Crippen LogP contribution in [0, 0.1) is 5.82 Å². The number of rotatable bonds is 3. The highest BCUT2D eigenvalue weighted by Gasteiger charge is 2.41. The Bertz CT molecular complexity index is 652. The molecule has 1 aromatic rings. The number of aliphatic hydroxyl groups excluding tert-OH is 1. The second kappa shape index (κ2) is 5.78. The van der Waals surface area contributed by atoms with Gasteiger partial charge in [0, 0.05) is 13.3 Å². The van der Waals surface area contributed by atoms with Gasteiger partial charge in [-0.05, 0) is 6.92 Å². The average molecular weight is 302 g/mol. The summed E-state index contributed by atoms with van der Waals surface area (Å²) in [6.45, 7) is 2.65. The lowest BCUT2D eigenvalue weighted by molar-refractivity contribution is -0.152. The fourth-order valence-corrected chi connectivity index (χ4v) is 2.26. The number of H-pyrrole nitrogens is 1. The highest BCUT2D eigenvalue weighted by Crippen LogP contribution is 2.31. The average Bonchev–Trinajstić information content (AvgIpc) is 2.76. The molecule has 1 aromatic heterocycles. The number of carbonyl (C=O) groups is 1. The van der Waals surface area contributed by atoms with Crippen molar-refractivity contribution in [2.75, 3.05) is 0 Å². The summed E-state index contributed by atoms with van der Waals surface area (Å²) < 4.78 is 24.6. The molecule has 0 spiro atoms. The summed E-state index contributed by atoms with van der Waals surface area (Å²) in [4.78, 5) is 35.5. The molecule has 0 saturated carbocycles. The van der Waals surface area contributed by atoms with E-state index < -0.39 is 47.6 Å². The topological polar surface area (TPSA) is 111 Å². The lowest BCUT2D eigenvalue weighted by Gasteiger charge is -2.20. The summed E-state index contributed by atoms with van der Waals surface area (Å²) in [7, 11) is 0. The molecule has 4 atom stereocenters. The molecule has 1 aliphatic heterocycles. The number of ether oxygens (including phenoxy) is 2. The van der Waals surface area contributed by atoms with Crippen LogP contribution in [0.4, 0.5) is 4.39 Å². The Labute approximate surface area is 118 Å². The molecular formula is C12H15FN2O6. The van der Waals surface area contributed by atoms with Crippen molar-refractivity contribution in [1.82, 2.24) is 9.55 Å². The van der Waals surface area contributed by atoms with Crippen LogP contribution in [0.1, 0.15) is 26.5 Å². The number of carbonyl (C=O) groups excluding carboxylic acids is 1. The first-order valence-electron chi connectivity index (χ1n) is 6.31. The summed E-state index contributed by atoms with van der Waals surface area (Å²) >= 11 is 0. The van der Waals surface area contributed by atoms with Gasteiger partial charge < -0.3 is 14.6 Å². The second-order valence-electron chi connectivity index (χ2n) is 4.82. The van der Waals surface area contributed by atoms with Gasteiger partial charge in [0.05, 0.1) is 12.3 Å². The van der Waals surface area contributed by atoms with Crippen molar-refractivity contribution < 1.29 is 23.8 Å². The molecule has 1 aliphatic rings. The third-order valence-corrected chi connectivity index (χ3v) is 3.14. The van der Waals surface area contributed by atoms with Crippen molar-refractivity contribution in [3.63, 3.8) is 0 Å². The molecule has 0 amide bonds. The summed E-state index contributed by atoms with van der Waals surface area (Å²) in [5.41, 5.74) is -1.97. The fraction of sp³-hybridized carbons (Fsp3) is 0.583. The van der Waals surface area contributed by atoms with Gasteiger partial charge in [0.15, 0.2) is 0 Å². The molecule has 1 unspecified atom stereocenters. The van der Waals surface area contributed by atoms with Crippen molar-refractivity contribution in [3.8, 4) is 0 Å². The maximum Gasteiger partial charge on any atom is 0.330 e. The normalized spacial score (nSPS) is 26.6. The zero-order valence-electron chi connectivity index (χ0n) is 11.4. The number of halogens is 1. The minimum Gasteiger partial charge on any atom is -0.459 e. The van der Waals surface area contributed by atoms with Crippen molar-refractivity contribution in [1.29, 1.82) is 0 Å². The number of aromatic amines is 1. The van der Waals surface area contributed by atoms with Crippen LogP contribution >= 0.6 is 0 Å². The van der Waals surface area contributed by atoms with Crippen LogP contribution in [0.2, 0.25) is 0 Å². The lowest BCUT2D eigenvalue weighted by atomic mass is 10.1. The van der Waals surface area contributed by atoms with Gasteiger partial charge in [-0.1, -0.05) is 0 Å². The van der Waals surface area contributed by atoms with E-state index in [0.717, 1.165) is 10.8 Å². The maximum absolute atomic E-state index is 13.3. The standard InChI is InChI=1S/C12H15FN2O6/c1-5(16)10-8(20-6(2)17)3-9(21-10)15-4-7(13)11(18)14-12(15)19/h4-5,8-10,16H,3H2,1-2H3,(H,14,18,19)/t5?,8-,9+,10+/m0/s1. The third kappa shape index (κ3) is 3.19. The number of esters is 1. The third-order valence-electron chi connectivity index (χ3n) is 3.14. The minimum atomic E-state index is -1.14. The van der Waals surface area contributed by atoms with E-state index in [4.69, 9.17) is 9.47 Å². The first kappa shape index (κ1) is 15.4. The molecule has 0 aliphatic carbocycles. The van der Waals surface area contributed by atoms with Gasteiger partial charge in [-0.25, -0.2) is 4.79 Å². The van der Waals surface area contributed by atoms with Gasteiger partial charge in [0.1, 0.15) is 18.4 Å². The molecule has 2 rings (SSSR count). The zero-order chi connectivity index (χ0) is 15.7. The summed E-state index contributed by atoms with van der Waals surface area (Å²) in [5, 5.41) is 9.63. The van der Waals surface area contributed by atoms with Crippen LogP contribution in [-0.2, 0) is 14.3 Å². The van der Waals surface area contributed by atoms with E-state index in [0.29, 0.717) is 0 Å². The predicted octanol–water partition coefficient (Wildman–Crippen LogP) is -0.724. The molecule has 2 heterocycles. The van der Waals surface area contributed by atoms with Gasteiger partial charge in [-0.2, -0.15) is 4.39 Å². The second-order valence-corrected chi connectivity index (χ2v) is 4.82. The Hall–Kier alpha value is -2.00. The van der Waals surface area contributed by atoms with E-state index in [1.165, 1.54) is 13.8 Å². The van der Waals surface area contributed by atoms with Gasteiger partial charge in [0.2, 0.25) is 5.82 Å². The quantitative estimate of drug-likeness (QED) is 0.713. The van der Waals surface area contributed by atoms with Crippen molar-refractivity contribution in [2.24, 2.45) is 0 Å². The Morgan fingerprint density at radius 2 is 2.29 bits per heavy atom. The number of nitrogens with zero attached hydrogens (tertiary/aromatic N) is 1. The van der Waals surface area contributed by atoms with E-state index in [2.05, 4.69) is 0 Å². The van der Waals surface area contributed by atoms with Crippen LogP contribution in [0.15, 0.2) is 15.8 Å². The number of hydrogen-bond acceptors (Lipinski definition) is 6. The van der Waals surface area contributed by atoms with Crippen LogP contribution in [0.25, 0.3) is 0 Å². The molecular weight excluding hydrogens is 287 g/mol. The lowest BCUT2D eigenvalue weighted by Crippen LogP contribution is -2.35. The van der Waals surface area contributed by atoms with Crippen LogP contribution < -0.4 is 11.2 Å². The molecule has 8 nitrogen and oxygen atoms in total. The van der Waals surface area contributed by atoms with E-state index in [1.807, 2.05) is 4.98 Å². The highest BCUT2D eigenvalue weighted by molar-refractivity contribution is 5.66. The van der Waals surface area contributed by atoms with Gasteiger partial charge >= 0.3 is 11.7 Å². The molecule has 1 fully saturated rings. The van der Waals surface area contributed by atoms with E-state index in [-0.39, 0.29) is 6.42 Å². The Kier molecular flexibility index (Phi) is 4.24. The Balaban J connectivity index is 2.30. The summed E-state index contributed by atoms with van der Waals surface area (Å²) in [6, 6.07) is 0. The molecule has 116 valence electrons. The molecule has 1 saturated heterocycles. The minimum absolute atomic E-state index is 0.0561. The van der Waals surface area contributed by atoms with Crippen LogP contribution in [-0.4, -0.2) is 38.9 Å². The largest absolute Gasteiger partial charge is 0.459 e. The summed E-state index contributed by atoms with van der Waals surface area (Å²) in [5.74, 6) is -1.70. The summed E-state index contributed by atoms with van der Waals surface area (Å²) in [6.07, 6.45) is -2.74. The number of hydrogen-bond donors (Lipinski definition) is 2. The van der Waals surface area contributed by atoms with Gasteiger partial charge in [-0.15, -0.1) is 0 Å². The van der Waals surface area contributed by atoms with E-state index in [1.54, 1.807) is 0 Å². The molecule has 9 heteroatoms. The van der Waals surface area contributed by atoms with Crippen molar-refractivity contribution in [2.45, 2.75) is 44.8 Å². The van der Waals surface area contributed by atoms with E-state index >= 15 is 0 Å². The smallest absolute Gasteiger partial charge is 0.330 e. The Morgan fingerprint density at radius 3 is 2.86 bits per heavy atom. The Morgan fingerprint density at radius 1 is 1.62 bits per heavy atom. The molecule has 2 N–H and O–H groups in total. The molecule has 0 aromatic carbocycles. The molecule has 0 bridgehead atoms. The van der Waals surface area contributed by atoms with Crippen LogP contribution in [0.3, 0.4) is 0 Å². The first-order valence-corrected chi connectivity index (χ1v) is 6.31. The molecule has 21 heavy (non-hydrogen) atoms. The predicted molar refractivity (Wildman–Crippen MR) is 67.0 cm³/mol. The van der Waals surface area contributed by atoms with Crippen LogP contribution in [0.5, 0.6) is 0 Å². The number of aromatic nitrogens is 2. The number of nitrogens with one attached hydrogen (secondary N) is 1. The number of aliphatic hydroxyl groups is 1. The molecule has 0 radical (unpaired) electrons. The van der Waals surface area contributed by atoms with E-state index in [9.17, 15) is 23.9 Å².